The monoisotopic (exact) mass is 438 g/mol. The molecule has 0 saturated carbocycles. The maximum atomic E-state index is 13.4. The number of nitrogens with zero attached hydrogens (tertiary/aromatic N) is 5. The van der Waals surface area contributed by atoms with Crippen molar-refractivity contribution in [1.29, 1.82) is 5.41 Å². The van der Waals surface area contributed by atoms with Crippen molar-refractivity contribution in [1.82, 2.24) is 23.8 Å². The van der Waals surface area contributed by atoms with Crippen LogP contribution in [0.25, 0.3) is 16.7 Å². The number of carbonyl (C=O) groups is 1. The van der Waals surface area contributed by atoms with Crippen LogP contribution in [0.15, 0.2) is 29.2 Å². The Labute approximate surface area is 186 Å². The molecule has 1 N–H and O–H groups in total. The molecule has 1 fully saturated rings. The first-order valence-electron chi connectivity index (χ1n) is 11.1. The number of carbonyl (C=O) groups excluding carboxylic acids is 1. The van der Waals surface area contributed by atoms with Crippen molar-refractivity contribution >= 4 is 22.6 Å². The minimum atomic E-state index is -0.237. The number of fused-ring (bicyclic) bond motifs is 2. The Morgan fingerprint density at radius 3 is 2.66 bits per heavy atom. The Hall–Kier alpha value is -3.04. The summed E-state index contributed by atoms with van der Waals surface area (Å²) in [5.74, 6) is -0.207. The van der Waals surface area contributed by atoms with Crippen molar-refractivity contribution < 1.29 is 9.53 Å². The minimum Gasteiger partial charge on any atom is -0.385 e. The number of methoxy groups -OCH3 is 1. The van der Waals surface area contributed by atoms with Crippen molar-refractivity contribution in [3.8, 4) is 0 Å². The van der Waals surface area contributed by atoms with Crippen molar-refractivity contribution in [3.63, 3.8) is 0 Å². The van der Waals surface area contributed by atoms with E-state index in [1.807, 2.05) is 19.1 Å². The predicted octanol–water partition coefficient (Wildman–Crippen LogP) is 1.25. The molecule has 9 heteroatoms. The average Bonchev–Trinajstić information content (AvgIpc) is 2.81. The summed E-state index contributed by atoms with van der Waals surface area (Å²) in [7, 11) is 1.63. The third-order valence-corrected chi connectivity index (χ3v) is 6.20. The van der Waals surface area contributed by atoms with Crippen molar-refractivity contribution in [3.05, 3.63) is 51.4 Å². The maximum Gasteiger partial charge on any atom is 0.267 e. The van der Waals surface area contributed by atoms with Gasteiger partial charge >= 0.3 is 0 Å². The minimum absolute atomic E-state index is 0.0846. The smallest absolute Gasteiger partial charge is 0.267 e. The summed E-state index contributed by atoms with van der Waals surface area (Å²) in [5, 5.41) is 9.18. The highest BCUT2D eigenvalue weighted by Crippen LogP contribution is 2.15. The van der Waals surface area contributed by atoms with Gasteiger partial charge in [0.25, 0.3) is 11.5 Å². The van der Waals surface area contributed by atoms with Crippen LogP contribution in [0.3, 0.4) is 0 Å². The fourth-order valence-electron chi connectivity index (χ4n) is 4.28. The van der Waals surface area contributed by atoms with Crippen LogP contribution < -0.4 is 11.0 Å². The molecule has 3 aromatic rings. The zero-order valence-corrected chi connectivity index (χ0v) is 18.9. The summed E-state index contributed by atoms with van der Waals surface area (Å²) >= 11 is 0. The molecule has 0 unspecified atom stereocenters. The van der Waals surface area contributed by atoms with Crippen LogP contribution in [-0.4, -0.2) is 76.1 Å². The van der Waals surface area contributed by atoms with Crippen molar-refractivity contribution in [2.75, 3.05) is 46.4 Å². The van der Waals surface area contributed by atoms with Gasteiger partial charge in [-0.25, -0.2) is 4.98 Å². The number of nitrogens with one attached hydrogen (secondary N) is 1. The number of aryl methyl sites for hydroxylation is 2. The van der Waals surface area contributed by atoms with E-state index >= 15 is 0 Å². The van der Waals surface area contributed by atoms with Gasteiger partial charge in [-0.1, -0.05) is 13.0 Å². The molecule has 0 aromatic carbocycles. The number of rotatable bonds is 6. The molecule has 1 aliphatic rings. The van der Waals surface area contributed by atoms with Gasteiger partial charge in [-0.2, -0.15) is 0 Å². The van der Waals surface area contributed by atoms with Crippen LogP contribution >= 0.6 is 0 Å². The fourth-order valence-corrected chi connectivity index (χ4v) is 4.28. The van der Waals surface area contributed by atoms with Crippen LogP contribution in [0.5, 0.6) is 0 Å². The molecule has 4 heterocycles. The number of ether oxygens (including phenoxy) is 1. The molecule has 0 atom stereocenters. The van der Waals surface area contributed by atoms with E-state index in [0.29, 0.717) is 49.3 Å². The molecule has 170 valence electrons. The number of amides is 1. The molecular weight excluding hydrogens is 408 g/mol. The predicted molar refractivity (Wildman–Crippen MR) is 122 cm³/mol. The Balaban J connectivity index is 1.88. The van der Waals surface area contributed by atoms with Crippen LogP contribution in [-0.2, 0) is 11.3 Å². The van der Waals surface area contributed by atoms with E-state index in [9.17, 15) is 9.59 Å². The lowest BCUT2D eigenvalue weighted by Gasteiger charge is -2.34. The lowest BCUT2D eigenvalue weighted by Crippen LogP contribution is -2.49. The highest BCUT2D eigenvalue weighted by molar-refractivity contribution is 5.97. The third-order valence-electron chi connectivity index (χ3n) is 6.20. The van der Waals surface area contributed by atoms with E-state index in [1.165, 1.54) is 4.40 Å². The maximum absolute atomic E-state index is 13.4. The second kappa shape index (κ2) is 9.22. The quantitative estimate of drug-likeness (QED) is 0.462. The second-order valence-electron chi connectivity index (χ2n) is 8.17. The topological polar surface area (TPSA) is 95.9 Å². The molecule has 0 aliphatic carbocycles. The largest absolute Gasteiger partial charge is 0.385 e. The van der Waals surface area contributed by atoms with Crippen LogP contribution in [0, 0.1) is 12.3 Å². The first-order chi connectivity index (χ1) is 15.5. The fraction of sp³-hybridized carbons (Fsp3) is 0.478. The SMILES string of the molecule is CCN1CCN(C(=O)c2cc3c(=O)n4cccc(C)c4nc3n(CCCOC)c2=N)CC1. The summed E-state index contributed by atoms with van der Waals surface area (Å²) in [6, 6.07) is 5.27. The van der Waals surface area contributed by atoms with Gasteiger partial charge in [0.15, 0.2) is 0 Å². The number of piperazine rings is 1. The Bertz CT molecular complexity index is 1270. The van der Waals surface area contributed by atoms with E-state index in [-0.39, 0.29) is 22.5 Å². The molecule has 1 amide bonds. The summed E-state index contributed by atoms with van der Waals surface area (Å²) in [5.41, 5.74) is 1.94. The van der Waals surface area contributed by atoms with E-state index in [2.05, 4.69) is 11.8 Å². The van der Waals surface area contributed by atoms with Gasteiger partial charge < -0.3 is 19.1 Å². The van der Waals surface area contributed by atoms with Gasteiger partial charge in [-0.15, -0.1) is 0 Å². The van der Waals surface area contributed by atoms with Gasteiger partial charge in [0, 0.05) is 52.6 Å². The normalized spacial score (nSPS) is 15.0. The molecular formula is C23H30N6O3. The molecule has 0 radical (unpaired) electrons. The summed E-state index contributed by atoms with van der Waals surface area (Å²) in [6.45, 7) is 8.76. The Morgan fingerprint density at radius 1 is 1.22 bits per heavy atom. The summed E-state index contributed by atoms with van der Waals surface area (Å²) in [4.78, 5) is 35.6. The number of aromatic nitrogens is 3. The van der Waals surface area contributed by atoms with E-state index in [0.717, 1.165) is 25.2 Å². The molecule has 1 saturated heterocycles. The molecule has 0 bridgehead atoms. The van der Waals surface area contributed by atoms with Gasteiger partial charge in [-0.3, -0.25) is 19.4 Å². The molecule has 1 aliphatic heterocycles. The average molecular weight is 439 g/mol. The number of pyridine rings is 2. The van der Waals surface area contributed by atoms with Gasteiger partial charge in [0.1, 0.15) is 16.8 Å². The lowest BCUT2D eigenvalue weighted by atomic mass is 10.1. The van der Waals surface area contributed by atoms with E-state index in [1.54, 1.807) is 28.8 Å². The number of likely N-dealkylation sites (N-methyl/N-ethyl adjacent to an activating group) is 1. The molecule has 32 heavy (non-hydrogen) atoms. The molecule has 9 nitrogen and oxygen atoms in total. The van der Waals surface area contributed by atoms with Gasteiger partial charge in [0.2, 0.25) is 0 Å². The Kier molecular flexibility index (Phi) is 6.38. The molecule has 3 aromatic heterocycles. The summed E-state index contributed by atoms with van der Waals surface area (Å²) < 4.78 is 8.37. The highest BCUT2D eigenvalue weighted by Gasteiger charge is 2.25. The van der Waals surface area contributed by atoms with Crippen LogP contribution in [0.4, 0.5) is 0 Å². The zero-order valence-electron chi connectivity index (χ0n) is 18.9. The van der Waals surface area contributed by atoms with Crippen LogP contribution in [0.1, 0.15) is 29.3 Å². The molecule has 4 rings (SSSR count). The third kappa shape index (κ3) is 3.93. The van der Waals surface area contributed by atoms with E-state index < -0.39 is 0 Å². The first-order valence-corrected chi connectivity index (χ1v) is 11.1. The number of hydrogen-bond donors (Lipinski definition) is 1. The van der Waals surface area contributed by atoms with Crippen molar-refractivity contribution in [2.24, 2.45) is 0 Å². The van der Waals surface area contributed by atoms with Crippen molar-refractivity contribution in [2.45, 2.75) is 26.8 Å². The van der Waals surface area contributed by atoms with E-state index in [4.69, 9.17) is 15.1 Å². The lowest BCUT2D eigenvalue weighted by molar-refractivity contribution is 0.0640. The van der Waals surface area contributed by atoms with Gasteiger partial charge in [-0.05, 0) is 37.6 Å². The second-order valence-corrected chi connectivity index (χ2v) is 8.17. The first kappa shape index (κ1) is 22.2. The Morgan fingerprint density at radius 2 is 1.97 bits per heavy atom. The molecule has 0 spiro atoms. The standard InChI is InChI=1S/C23H30N6O3/c1-4-26-10-12-27(13-11-26)22(30)17-15-18-21(28(19(17)24)9-6-14-32-3)25-20-16(2)7-5-8-29(20)23(18)31/h5,7-8,15,24H,4,6,9-14H2,1-3H3. The van der Waals surface area contributed by atoms with Gasteiger partial charge in [0.05, 0.1) is 10.9 Å². The zero-order chi connectivity index (χ0) is 22.8. The summed E-state index contributed by atoms with van der Waals surface area (Å²) in [6.07, 6.45) is 2.33. The number of hydrogen-bond acceptors (Lipinski definition) is 6. The highest BCUT2D eigenvalue weighted by atomic mass is 16.5. The van der Waals surface area contributed by atoms with Crippen LogP contribution in [0.2, 0.25) is 0 Å².